The van der Waals surface area contributed by atoms with E-state index >= 15 is 0 Å². The number of rotatable bonds is 5. The molecule has 0 aliphatic rings. The number of nitro groups is 1. The number of ether oxygens (including phenoxy) is 1. The fraction of sp³-hybridized carbons (Fsp3) is 0.429. The lowest BCUT2D eigenvalue weighted by molar-refractivity contribution is -0.384. The van der Waals surface area contributed by atoms with Crippen LogP contribution in [0.25, 0.3) is 0 Å². The van der Waals surface area contributed by atoms with Crippen molar-refractivity contribution in [2.75, 3.05) is 13.2 Å². The van der Waals surface area contributed by atoms with Crippen LogP contribution in [0.2, 0.25) is 5.02 Å². The first-order chi connectivity index (χ1) is 10.6. The molecule has 0 aliphatic heterocycles. The van der Waals surface area contributed by atoms with E-state index in [-0.39, 0.29) is 41.0 Å². The second kappa shape index (κ2) is 7.77. The molecule has 0 saturated carbocycles. The molecule has 1 rings (SSSR count). The number of halogens is 1. The molecular weight excluding hydrogens is 326 g/mol. The Balaban J connectivity index is 2.47. The van der Waals surface area contributed by atoms with Gasteiger partial charge in [0.25, 0.3) is 5.69 Å². The van der Waals surface area contributed by atoms with E-state index in [2.05, 4.69) is 10.6 Å². The zero-order valence-electron chi connectivity index (χ0n) is 13.0. The molecule has 8 nitrogen and oxygen atoms in total. The Kier molecular flexibility index (Phi) is 6.32. The molecule has 0 unspecified atom stereocenters. The second-order valence-corrected chi connectivity index (χ2v) is 6.10. The second-order valence-electron chi connectivity index (χ2n) is 5.69. The summed E-state index contributed by atoms with van der Waals surface area (Å²) in [6.45, 7) is 5.55. The Bertz CT molecular complexity index is 613. The topological polar surface area (TPSA) is 111 Å². The highest BCUT2D eigenvalue weighted by Crippen LogP contribution is 2.25. The predicted molar refractivity (Wildman–Crippen MR) is 84.7 cm³/mol. The number of hydrogen-bond donors (Lipinski definition) is 2. The first kappa shape index (κ1) is 18.7. The quantitative estimate of drug-likeness (QED) is 0.369. The van der Waals surface area contributed by atoms with Crippen LogP contribution in [0.4, 0.5) is 10.5 Å². The van der Waals surface area contributed by atoms with E-state index in [1.165, 1.54) is 12.1 Å². The van der Waals surface area contributed by atoms with Gasteiger partial charge in [-0.2, -0.15) is 0 Å². The third-order valence-electron chi connectivity index (χ3n) is 2.49. The highest BCUT2D eigenvalue weighted by molar-refractivity contribution is 6.32. The average molecular weight is 344 g/mol. The number of nitrogens with one attached hydrogen (secondary N) is 2. The molecule has 0 spiro atoms. The van der Waals surface area contributed by atoms with Crippen molar-refractivity contribution in [1.82, 2.24) is 10.6 Å². The minimum Gasteiger partial charge on any atom is -0.460 e. The van der Waals surface area contributed by atoms with E-state index in [9.17, 15) is 19.7 Å². The van der Waals surface area contributed by atoms with Gasteiger partial charge in [0, 0.05) is 11.6 Å². The van der Waals surface area contributed by atoms with Crippen molar-refractivity contribution >= 4 is 29.3 Å². The molecule has 1 aromatic rings. The summed E-state index contributed by atoms with van der Waals surface area (Å²) >= 11 is 5.66. The summed E-state index contributed by atoms with van der Waals surface area (Å²) in [4.78, 5) is 33.3. The first-order valence-electron chi connectivity index (χ1n) is 6.77. The van der Waals surface area contributed by atoms with Crippen molar-refractivity contribution in [2.24, 2.45) is 0 Å². The Hall–Kier alpha value is -2.35. The van der Waals surface area contributed by atoms with Crippen molar-refractivity contribution in [3.63, 3.8) is 0 Å². The number of urea groups is 1. The van der Waals surface area contributed by atoms with Gasteiger partial charge in [0.05, 0.1) is 17.0 Å². The van der Waals surface area contributed by atoms with Gasteiger partial charge >= 0.3 is 12.0 Å². The average Bonchev–Trinajstić information content (AvgIpc) is 2.41. The van der Waals surface area contributed by atoms with E-state index in [1.54, 1.807) is 0 Å². The number of nitro benzene ring substituents is 1. The molecule has 0 saturated heterocycles. The van der Waals surface area contributed by atoms with Crippen LogP contribution >= 0.6 is 11.6 Å². The monoisotopic (exact) mass is 343 g/mol. The van der Waals surface area contributed by atoms with Crippen LogP contribution in [0.5, 0.6) is 0 Å². The fourth-order valence-corrected chi connectivity index (χ4v) is 1.74. The van der Waals surface area contributed by atoms with Crippen LogP contribution in [-0.2, 0) is 4.74 Å². The van der Waals surface area contributed by atoms with Gasteiger partial charge < -0.3 is 15.4 Å². The van der Waals surface area contributed by atoms with E-state index < -0.39 is 10.9 Å². The zero-order chi connectivity index (χ0) is 17.6. The molecule has 9 heteroatoms. The van der Waals surface area contributed by atoms with Gasteiger partial charge in [-0.15, -0.1) is 0 Å². The third kappa shape index (κ3) is 6.52. The third-order valence-corrected chi connectivity index (χ3v) is 2.81. The Morgan fingerprint density at radius 1 is 1.35 bits per heavy atom. The molecule has 0 aromatic heterocycles. The lowest BCUT2D eigenvalue weighted by atomic mass is 10.1. The lowest BCUT2D eigenvalue weighted by Crippen LogP contribution is -2.47. The number of hydrogen-bond acceptors (Lipinski definition) is 5. The van der Waals surface area contributed by atoms with E-state index in [0.717, 1.165) is 6.07 Å². The highest BCUT2D eigenvalue weighted by Gasteiger charge is 2.17. The smallest absolute Gasteiger partial charge is 0.338 e. The Morgan fingerprint density at radius 2 is 2.00 bits per heavy atom. The molecule has 0 bridgehead atoms. The normalized spacial score (nSPS) is 10.8. The Labute approximate surface area is 138 Å². The molecule has 126 valence electrons. The SMILES string of the molecule is CC(C)(C)NC(=O)NCCOC(=O)c1ccc(Cl)c([N+](=O)[O-])c1. The van der Waals surface area contributed by atoms with Crippen LogP contribution in [0, 0.1) is 10.1 Å². The van der Waals surface area contributed by atoms with Gasteiger partial charge in [0.2, 0.25) is 0 Å². The van der Waals surface area contributed by atoms with Crippen LogP contribution in [0.3, 0.4) is 0 Å². The molecule has 0 radical (unpaired) electrons. The van der Waals surface area contributed by atoms with Gasteiger partial charge in [-0.05, 0) is 32.9 Å². The molecule has 0 atom stereocenters. The molecule has 0 aliphatic carbocycles. The fourth-order valence-electron chi connectivity index (χ4n) is 1.56. The number of carbonyl (C=O) groups excluding carboxylic acids is 2. The van der Waals surface area contributed by atoms with Gasteiger partial charge in [0.1, 0.15) is 11.6 Å². The summed E-state index contributed by atoms with van der Waals surface area (Å²) < 4.78 is 4.94. The summed E-state index contributed by atoms with van der Waals surface area (Å²) in [5.74, 6) is -0.734. The number of carbonyl (C=O) groups is 2. The summed E-state index contributed by atoms with van der Waals surface area (Å²) in [7, 11) is 0. The van der Waals surface area contributed by atoms with Gasteiger partial charge in [-0.1, -0.05) is 11.6 Å². The van der Waals surface area contributed by atoms with Crippen LogP contribution < -0.4 is 10.6 Å². The van der Waals surface area contributed by atoms with E-state index in [4.69, 9.17) is 16.3 Å². The standard InChI is InChI=1S/C14H18ClN3O5/c1-14(2,3)17-13(20)16-6-7-23-12(19)9-4-5-10(15)11(8-9)18(21)22/h4-5,8H,6-7H2,1-3H3,(H2,16,17,20). The summed E-state index contributed by atoms with van der Waals surface area (Å²) in [6, 6.07) is 3.25. The minimum absolute atomic E-state index is 0.0141. The van der Waals surface area contributed by atoms with Crippen LogP contribution in [-0.4, -0.2) is 35.6 Å². The maximum absolute atomic E-state index is 11.8. The highest BCUT2D eigenvalue weighted by atomic mass is 35.5. The van der Waals surface area contributed by atoms with Crippen molar-refractivity contribution < 1.29 is 19.2 Å². The van der Waals surface area contributed by atoms with Crippen LogP contribution in [0.15, 0.2) is 18.2 Å². The van der Waals surface area contributed by atoms with E-state index in [1.807, 2.05) is 20.8 Å². The molecule has 1 aromatic carbocycles. The zero-order valence-corrected chi connectivity index (χ0v) is 13.8. The van der Waals surface area contributed by atoms with Gasteiger partial charge in [-0.25, -0.2) is 9.59 Å². The van der Waals surface area contributed by atoms with Crippen molar-refractivity contribution in [3.8, 4) is 0 Å². The van der Waals surface area contributed by atoms with Gasteiger partial charge in [-0.3, -0.25) is 10.1 Å². The lowest BCUT2D eigenvalue weighted by Gasteiger charge is -2.20. The number of esters is 1. The minimum atomic E-state index is -0.734. The summed E-state index contributed by atoms with van der Waals surface area (Å²) in [5, 5.41) is 15.9. The molecule has 23 heavy (non-hydrogen) atoms. The summed E-state index contributed by atoms with van der Waals surface area (Å²) in [6.07, 6.45) is 0. The number of amides is 2. The molecular formula is C14H18ClN3O5. The van der Waals surface area contributed by atoms with Gasteiger partial charge in [0.15, 0.2) is 0 Å². The molecule has 2 N–H and O–H groups in total. The first-order valence-corrected chi connectivity index (χ1v) is 7.15. The molecule has 0 heterocycles. The largest absolute Gasteiger partial charge is 0.460 e. The Morgan fingerprint density at radius 3 is 2.57 bits per heavy atom. The van der Waals surface area contributed by atoms with E-state index in [0.29, 0.717) is 0 Å². The van der Waals surface area contributed by atoms with Crippen molar-refractivity contribution in [1.29, 1.82) is 0 Å². The van der Waals surface area contributed by atoms with Crippen LogP contribution in [0.1, 0.15) is 31.1 Å². The van der Waals surface area contributed by atoms with Crippen molar-refractivity contribution in [2.45, 2.75) is 26.3 Å². The summed E-state index contributed by atoms with van der Waals surface area (Å²) in [5.41, 5.74) is -0.729. The predicted octanol–water partition coefficient (Wildman–Crippen LogP) is 2.50. The van der Waals surface area contributed by atoms with Crippen molar-refractivity contribution in [3.05, 3.63) is 38.9 Å². The maximum Gasteiger partial charge on any atom is 0.338 e. The molecule has 2 amide bonds. The maximum atomic E-state index is 11.8. The number of benzene rings is 1. The number of nitrogens with zero attached hydrogens (tertiary/aromatic N) is 1. The molecule has 0 fully saturated rings.